The highest BCUT2D eigenvalue weighted by molar-refractivity contribution is 8.13. The zero-order valence-electron chi connectivity index (χ0n) is 14.8. The molecule has 0 heterocycles. The molecular formula is C16H30N2O4S. The fraction of sp³-hybridized carbons (Fsp3) is 0.812. The highest BCUT2D eigenvalue weighted by atomic mass is 32.2. The van der Waals surface area contributed by atoms with Crippen LogP contribution in [-0.2, 0) is 14.3 Å². The third-order valence-electron chi connectivity index (χ3n) is 2.89. The van der Waals surface area contributed by atoms with E-state index in [4.69, 9.17) is 10.5 Å². The Hall–Kier alpha value is -1.24. The third-order valence-corrected chi connectivity index (χ3v) is 4.14. The molecule has 0 aliphatic heterocycles. The highest BCUT2D eigenvalue weighted by Gasteiger charge is 2.22. The summed E-state index contributed by atoms with van der Waals surface area (Å²) in [6, 6.07) is -0.727. The highest BCUT2D eigenvalue weighted by Crippen LogP contribution is 2.14. The number of thioether (sulfide) groups is 1. The molecule has 2 amide bonds. The van der Waals surface area contributed by atoms with Gasteiger partial charge in [0.2, 0.25) is 5.91 Å². The average molecular weight is 346 g/mol. The summed E-state index contributed by atoms with van der Waals surface area (Å²) < 4.78 is 5.11. The van der Waals surface area contributed by atoms with Crippen LogP contribution in [0.25, 0.3) is 0 Å². The van der Waals surface area contributed by atoms with Crippen LogP contribution in [0.2, 0.25) is 0 Å². The first-order valence-electron chi connectivity index (χ1n) is 7.98. The normalized spacial score (nSPS) is 12.8. The molecule has 0 aromatic rings. The Morgan fingerprint density at radius 2 is 1.74 bits per heavy atom. The predicted octanol–water partition coefficient (Wildman–Crippen LogP) is 2.84. The molecule has 3 N–H and O–H groups in total. The fourth-order valence-electron chi connectivity index (χ4n) is 1.70. The van der Waals surface area contributed by atoms with Gasteiger partial charge in [0.15, 0.2) is 5.12 Å². The van der Waals surface area contributed by atoms with Crippen molar-refractivity contribution in [1.82, 2.24) is 5.32 Å². The van der Waals surface area contributed by atoms with Gasteiger partial charge in [0, 0.05) is 11.7 Å². The van der Waals surface area contributed by atoms with Gasteiger partial charge in [0.25, 0.3) is 0 Å². The molecule has 7 heteroatoms. The van der Waals surface area contributed by atoms with E-state index in [-0.39, 0.29) is 11.0 Å². The quantitative estimate of drug-likeness (QED) is 0.626. The molecule has 0 fully saturated rings. The Morgan fingerprint density at radius 3 is 2.22 bits per heavy atom. The lowest BCUT2D eigenvalue weighted by molar-refractivity contribution is -0.120. The molecule has 0 aromatic heterocycles. The number of primary amides is 1. The number of hydrogen-bond acceptors (Lipinski definition) is 5. The molecule has 0 rings (SSSR count). The summed E-state index contributed by atoms with van der Waals surface area (Å²) in [6.07, 6.45) is 2.34. The number of ether oxygens (including phenoxy) is 1. The van der Waals surface area contributed by atoms with Crippen molar-refractivity contribution < 1.29 is 19.1 Å². The summed E-state index contributed by atoms with van der Waals surface area (Å²) in [7, 11) is 0. The Morgan fingerprint density at radius 1 is 1.13 bits per heavy atom. The van der Waals surface area contributed by atoms with Gasteiger partial charge in [-0.15, -0.1) is 0 Å². The Balaban J connectivity index is 4.00. The van der Waals surface area contributed by atoms with Crippen LogP contribution < -0.4 is 11.1 Å². The molecular weight excluding hydrogens is 316 g/mol. The average Bonchev–Trinajstić information content (AvgIpc) is 2.38. The number of unbranched alkanes of at least 4 members (excludes halogenated alkanes) is 2. The van der Waals surface area contributed by atoms with Crippen LogP contribution in [0.1, 0.15) is 60.3 Å². The minimum Gasteiger partial charge on any atom is -0.444 e. The molecule has 134 valence electrons. The second-order valence-electron chi connectivity index (χ2n) is 6.77. The zero-order chi connectivity index (χ0) is 18.0. The molecule has 0 aliphatic rings. The number of carbonyl (C=O) groups is 3. The van der Waals surface area contributed by atoms with E-state index in [0.29, 0.717) is 6.42 Å². The predicted molar refractivity (Wildman–Crippen MR) is 93.1 cm³/mol. The lowest BCUT2D eigenvalue weighted by atomic mass is 10.1. The molecule has 1 atom stereocenters. The SMILES string of the molecule is CC(C)C(=O)SCCCCC[C@H](NC(=O)OC(C)(C)C)C(N)=O. The van der Waals surface area contributed by atoms with Crippen molar-refractivity contribution in [2.24, 2.45) is 11.7 Å². The topological polar surface area (TPSA) is 98.5 Å². The summed E-state index contributed by atoms with van der Waals surface area (Å²) in [5, 5.41) is 2.70. The fourth-order valence-corrected chi connectivity index (χ4v) is 2.59. The molecule has 6 nitrogen and oxygen atoms in total. The minimum absolute atomic E-state index is 0.0530. The maximum absolute atomic E-state index is 11.7. The summed E-state index contributed by atoms with van der Waals surface area (Å²) in [5.41, 5.74) is 4.69. The number of rotatable bonds is 9. The van der Waals surface area contributed by atoms with E-state index in [2.05, 4.69) is 5.32 Å². The number of amides is 2. The van der Waals surface area contributed by atoms with Crippen LogP contribution in [0.3, 0.4) is 0 Å². The molecule has 0 aromatic carbocycles. The second-order valence-corrected chi connectivity index (χ2v) is 7.87. The Labute approximate surface area is 143 Å². The van der Waals surface area contributed by atoms with Crippen molar-refractivity contribution in [2.45, 2.75) is 71.9 Å². The molecule has 23 heavy (non-hydrogen) atoms. The third kappa shape index (κ3) is 11.9. The summed E-state index contributed by atoms with van der Waals surface area (Å²) in [4.78, 5) is 34.5. The van der Waals surface area contributed by atoms with Gasteiger partial charge in [-0.2, -0.15) is 0 Å². The zero-order valence-corrected chi connectivity index (χ0v) is 15.6. The first-order valence-corrected chi connectivity index (χ1v) is 8.97. The molecule has 0 bridgehead atoms. The summed E-state index contributed by atoms with van der Waals surface area (Å²) in [6.45, 7) is 9.02. The van der Waals surface area contributed by atoms with Crippen LogP contribution in [-0.4, -0.2) is 34.5 Å². The van der Waals surface area contributed by atoms with Crippen molar-refractivity contribution in [2.75, 3.05) is 5.75 Å². The maximum Gasteiger partial charge on any atom is 0.408 e. The van der Waals surface area contributed by atoms with Crippen molar-refractivity contribution >= 4 is 28.9 Å². The van der Waals surface area contributed by atoms with E-state index in [1.165, 1.54) is 11.8 Å². The van der Waals surface area contributed by atoms with Crippen LogP contribution in [0.15, 0.2) is 0 Å². The van der Waals surface area contributed by atoms with E-state index in [9.17, 15) is 14.4 Å². The first-order chi connectivity index (χ1) is 10.5. The maximum atomic E-state index is 11.7. The van der Waals surface area contributed by atoms with Gasteiger partial charge in [0.05, 0.1) is 0 Å². The molecule has 0 saturated heterocycles. The number of hydrogen-bond donors (Lipinski definition) is 2. The van der Waals surface area contributed by atoms with E-state index in [0.717, 1.165) is 25.0 Å². The molecule has 0 unspecified atom stereocenters. The minimum atomic E-state index is -0.727. The monoisotopic (exact) mass is 346 g/mol. The summed E-state index contributed by atoms with van der Waals surface area (Å²) >= 11 is 1.35. The Kier molecular flexibility index (Phi) is 9.95. The van der Waals surface area contributed by atoms with Gasteiger partial charge in [-0.25, -0.2) is 4.79 Å². The smallest absolute Gasteiger partial charge is 0.408 e. The number of nitrogens with two attached hydrogens (primary N) is 1. The van der Waals surface area contributed by atoms with Crippen molar-refractivity contribution in [3.63, 3.8) is 0 Å². The van der Waals surface area contributed by atoms with Crippen molar-refractivity contribution in [1.29, 1.82) is 0 Å². The van der Waals surface area contributed by atoms with Crippen molar-refractivity contribution in [3.8, 4) is 0 Å². The van der Waals surface area contributed by atoms with Gasteiger partial charge in [-0.1, -0.05) is 38.5 Å². The lowest BCUT2D eigenvalue weighted by Gasteiger charge is -2.22. The molecule has 0 spiro atoms. The van der Waals surface area contributed by atoms with Crippen LogP contribution >= 0.6 is 11.8 Å². The Bertz CT molecular complexity index is 405. The van der Waals surface area contributed by atoms with Gasteiger partial charge < -0.3 is 15.8 Å². The first kappa shape index (κ1) is 21.8. The van der Waals surface area contributed by atoms with Crippen LogP contribution in [0, 0.1) is 5.92 Å². The second kappa shape index (κ2) is 10.5. The van der Waals surface area contributed by atoms with Gasteiger partial charge in [-0.3, -0.25) is 9.59 Å². The van der Waals surface area contributed by atoms with E-state index >= 15 is 0 Å². The largest absolute Gasteiger partial charge is 0.444 e. The van der Waals surface area contributed by atoms with E-state index < -0.39 is 23.6 Å². The lowest BCUT2D eigenvalue weighted by Crippen LogP contribution is -2.46. The van der Waals surface area contributed by atoms with Gasteiger partial charge >= 0.3 is 6.09 Å². The molecule has 0 radical (unpaired) electrons. The number of carbonyl (C=O) groups excluding carboxylic acids is 3. The molecule has 0 saturated carbocycles. The van der Waals surface area contributed by atoms with Gasteiger partial charge in [-0.05, 0) is 33.6 Å². The summed E-state index contributed by atoms with van der Waals surface area (Å²) in [5.74, 6) is 0.259. The van der Waals surface area contributed by atoms with Gasteiger partial charge in [0.1, 0.15) is 11.6 Å². The standard InChI is InChI=1S/C16H30N2O4S/c1-11(2)14(20)23-10-8-6-7-9-12(13(17)19)18-15(21)22-16(3,4)5/h11-12H,6-10H2,1-5H3,(H2,17,19)(H,18,21)/t12-/m0/s1. The molecule has 0 aliphatic carbocycles. The van der Waals surface area contributed by atoms with Crippen LogP contribution in [0.5, 0.6) is 0 Å². The van der Waals surface area contributed by atoms with E-state index in [1.54, 1.807) is 20.8 Å². The van der Waals surface area contributed by atoms with E-state index in [1.807, 2.05) is 13.8 Å². The van der Waals surface area contributed by atoms with Crippen LogP contribution in [0.4, 0.5) is 4.79 Å². The number of nitrogens with one attached hydrogen (secondary N) is 1. The van der Waals surface area contributed by atoms with Crippen molar-refractivity contribution in [3.05, 3.63) is 0 Å². The number of alkyl carbamates (subject to hydrolysis) is 1.